The number of amides is 2. The van der Waals surface area contributed by atoms with Crippen LogP contribution in [0.1, 0.15) is 39.2 Å². The monoisotopic (exact) mass is 575 g/mol. The number of carbonyl (C=O) groups excluding carboxylic acids is 2. The lowest BCUT2D eigenvalue weighted by atomic mass is 9.66. The fourth-order valence-corrected chi connectivity index (χ4v) is 7.58. The van der Waals surface area contributed by atoms with Crippen molar-refractivity contribution >= 4 is 29.2 Å². The van der Waals surface area contributed by atoms with Gasteiger partial charge in [0.05, 0.1) is 30.1 Å². The SMILES string of the molecule is C=CCN(C(=O)C1N([C@@H](CO)Cc2ccccc2)C(=O)[C@@H]2[C@@H](C(=O)O)[C@@]3(C)CCC12O3)c1ccc(N(CC)CC)cc1. The number of hydrogen-bond acceptors (Lipinski definition) is 6. The maximum Gasteiger partial charge on any atom is 0.310 e. The molecule has 0 radical (unpaired) electrons. The highest BCUT2D eigenvalue weighted by Crippen LogP contribution is 2.63. The molecule has 6 atom stereocenters. The normalized spacial score (nSPS) is 28.4. The van der Waals surface area contributed by atoms with E-state index in [-0.39, 0.29) is 19.1 Å². The van der Waals surface area contributed by atoms with E-state index in [0.29, 0.717) is 24.9 Å². The molecule has 0 saturated carbocycles. The summed E-state index contributed by atoms with van der Waals surface area (Å²) < 4.78 is 6.56. The summed E-state index contributed by atoms with van der Waals surface area (Å²) in [7, 11) is 0. The van der Waals surface area contributed by atoms with Gasteiger partial charge in [0.15, 0.2) is 0 Å². The van der Waals surface area contributed by atoms with E-state index < -0.39 is 47.0 Å². The molecule has 3 aliphatic rings. The van der Waals surface area contributed by atoms with E-state index in [0.717, 1.165) is 24.3 Å². The van der Waals surface area contributed by atoms with Gasteiger partial charge in [0, 0.05) is 31.0 Å². The second-order valence-electron chi connectivity index (χ2n) is 11.8. The molecule has 42 heavy (non-hydrogen) atoms. The van der Waals surface area contributed by atoms with Gasteiger partial charge in [0.25, 0.3) is 5.91 Å². The Morgan fingerprint density at radius 2 is 1.74 bits per heavy atom. The molecule has 9 nitrogen and oxygen atoms in total. The molecule has 2 bridgehead atoms. The summed E-state index contributed by atoms with van der Waals surface area (Å²) in [5.74, 6) is -4.04. The Balaban J connectivity index is 1.59. The molecule has 0 aromatic heterocycles. The van der Waals surface area contributed by atoms with Crippen LogP contribution in [0.5, 0.6) is 0 Å². The second-order valence-corrected chi connectivity index (χ2v) is 11.8. The van der Waals surface area contributed by atoms with Gasteiger partial charge < -0.3 is 29.6 Å². The van der Waals surface area contributed by atoms with Crippen LogP contribution in [0.2, 0.25) is 0 Å². The number of fused-ring (bicyclic) bond motifs is 1. The summed E-state index contributed by atoms with van der Waals surface area (Å²) in [6.45, 7) is 11.3. The van der Waals surface area contributed by atoms with Gasteiger partial charge >= 0.3 is 5.97 Å². The van der Waals surface area contributed by atoms with Gasteiger partial charge in [-0.3, -0.25) is 14.4 Å². The molecular weight excluding hydrogens is 534 g/mol. The molecule has 0 aliphatic carbocycles. The Labute approximate surface area is 247 Å². The molecule has 3 fully saturated rings. The van der Waals surface area contributed by atoms with Crippen LogP contribution in [0, 0.1) is 11.8 Å². The zero-order valence-corrected chi connectivity index (χ0v) is 24.6. The van der Waals surface area contributed by atoms with Gasteiger partial charge in [0.1, 0.15) is 11.6 Å². The molecule has 3 saturated heterocycles. The number of carboxylic acid groups (broad SMARTS) is 1. The number of aliphatic hydroxyl groups is 1. The lowest BCUT2D eigenvalue weighted by molar-refractivity contribution is -0.155. The third kappa shape index (κ3) is 4.68. The quantitative estimate of drug-likeness (QED) is 0.373. The number of ether oxygens (including phenoxy) is 1. The molecule has 3 aliphatic heterocycles. The van der Waals surface area contributed by atoms with Gasteiger partial charge in [-0.05, 0) is 69.9 Å². The number of aliphatic hydroxyl groups excluding tert-OH is 1. The summed E-state index contributed by atoms with van der Waals surface area (Å²) >= 11 is 0. The molecule has 2 amide bonds. The van der Waals surface area contributed by atoms with E-state index in [1.54, 1.807) is 17.9 Å². The average Bonchev–Trinajstić information content (AvgIpc) is 3.56. The van der Waals surface area contributed by atoms with Crippen LogP contribution in [0.15, 0.2) is 67.3 Å². The molecule has 2 aromatic carbocycles. The first-order chi connectivity index (χ1) is 20.2. The van der Waals surface area contributed by atoms with Gasteiger partial charge in [-0.1, -0.05) is 36.4 Å². The predicted octanol–water partition coefficient (Wildman–Crippen LogP) is 3.50. The molecule has 9 heteroatoms. The summed E-state index contributed by atoms with van der Waals surface area (Å²) in [5, 5.41) is 20.9. The highest BCUT2D eigenvalue weighted by atomic mass is 16.5. The van der Waals surface area contributed by atoms with Crippen LogP contribution < -0.4 is 9.80 Å². The average molecular weight is 576 g/mol. The fraction of sp³-hybridized carbons (Fsp3) is 0.485. The van der Waals surface area contributed by atoms with E-state index in [1.165, 1.54) is 4.90 Å². The van der Waals surface area contributed by atoms with Crippen LogP contribution in [0.25, 0.3) is 0 Å². The van der Waals surface area contributed by atoms with Crippen molar-refractivity contribution in [3.8, 4) is 0 Å². The van der Waals surface area contributed by atoms with Gasteiger partial charge in [-0.2, -0.15) is 0 Å². The van der Waals surface area contributed by atoms with Crippen molar-refractivity contribution < 1.29 is 29.3 Å². The Kier molecular flexibility index (Phi) is 8.18. The van der Waals surface area contributed by atoms with E-state index >= 15 is 0 Å². The molecule has 1 spiro atoms. The zero-order valence-electron chi connectivity index (χ0n) is 24.6. The molecule has 2 N–H and O–H groups in total. The minimum Gasteiger partial charge on any atom is -0.481 e. The topological polar surface area (TPSA) is 111 Å². The smallest absolute Gasteiger partial charge is 0.310 e. The van der Waals surface area contributed by atoms with E-state index in [4.69, 9.17) is 4.74 Å². The second kappa shape index (κ2) is 11.5. The summed E-state index contributed by atoms with van der Waals surface area (Å²) in [5.41, 5.74) is 0.201. The van der Waals surface area contributed by atoms with Crippen molar-refractivity contribution in [2.45, 2.75) is 63.3 Å². The number of nitrogens with zero attached hydrogens (tertiary/aromatic N) is 3. The third-order valence-corrected chi connectivity index (χ3v) is 9.50. The Morgan fingerprint density at radius 1 is 1.10 bits per heavy atom. The number of likely N-dealkylation sites (tertiary alicyclic amines) is 1. The van der Waals surface area contributed by atoms with Crippen LogP contribution in [-0.2, 0) is 25.5 Å². The van der Waals surface area contributed by atoms with Crippen molar-refractivity contribution in [2.24, 2.45) is 11.8 Å². The molecule has 2 aromatic rings. The number of rotatable bonds is 12. The van der Waals surface area contributed by atoms with Gasteiger partial charge in [-0.25, -0.2) is 0 Å². The Morgan fingerprint density at radius 3 is 2.31 bits per heavy atom. The first kappa shape index (κ1) is 29.8. The standard InChI is InChI=1S/C33H41N3O6/c1-5-19-35(24-15-13-23(14-16-24)34(6-2)7-3)30(39)28-33-18-17-32(4,42-33)27(31(40)41)26(33)29(38)36(28)25(21-37)20-22-11-9-8-10-12-22/h5,8-16,25-28,37H,1,6-7,17-21H2,2-4H3,(H,40,41)/t25-,26+,27+,28?,32-,33?/m1/s1. The number of carboxylic acids is 1. The largest absolute Gasteiger partial charge is 0.481 e. The first-order valence-corrected chi connectivity index (χ1v) is 14.8. The minimum absolute atomic E-state index is 0.185. The third-order valence-electron chi connectivity index (χ3n) is 9.50. The molecule has 2 unspecified atom stereocenters. The maximum absolute atomic E-state index is 14.8. The van der Waals surface area contributed by atoms with E-state index in [9.17, 15) is 24.6 Å². The number of hydrogen-bond donors (Lipinski definition) is 2. The van der Waals surface area contributed by atoms with Crippen molar-refractivity contribution in [1.82, 2.24) is 4.90 Å². The highest BCUT2D eigenvalue weighted by Gasteiger charge is 2.78. The van der Waals surface area contributed by atoms with Crippen molar-refractivity contribution in [3.63, 3.8) is 0 Å². The van der Waals surface area contributed by atoms with Crippen LogP contribution >= 0.6 is 0 Å². The Hall–Kier alpha value is -3.69. The first-order valence-electron chi connectivity index (χ1n) is 14.8. The fourth-order valence-electron chi connectivity index (χ4n) is 7.58. The number of anilines is 2. The zero-order chi connectivity index (χ0) is 30.2. The Bertz CT molecular complexity index is 1330. The molecule has 5 rings (SSSR count). The van der Waals surface area contributed by atoms with Crippen LogP contribution in [0.3, 0.4) is 0 Å². The number of aliphatic carboxylic acids is 1. The maximum atomic E-state index is 14.8. The minimum atomic E-state index is -1.31. The summed E-state index contributed by atoms with van der Waals surface area (Å²) in [6, 6.07) is 15.3. The molecule has 224 valence electrons. The van der Waals surface area contributed by atoms with Crippen LogP contribution in [0.4, 0.5) is 11.4 Å². The van der Waals surface area contributed by atoms with Gasteiger partial charge in [0.2, 0.25) is 5.91 Å². The lowest BCUT2D eigenvalue weighted by Crippen LogP contribution is -2.59. The highest BCUT2D eigenvalue weighted by molar-refractivity contribution is 6.05. The molecular formula is C33H41N3O6. The van der Waals surface area contributed by atoms with Crippen molar-refractivity contribution in [2.75, 3.05) is 36.0 Å². The number of benzene rings is 2. The number of carbonyl (C=O) groups is 3. The summed E-state index contributed by atoms with van der Waals surface area (Å²) in [4.78, 5) is 46.9. The summed E-state index contributed by atoms with van der Waals surface area (Å²) in [6.07, 6.45) is 2.75. The van der Waals surface area contributed by atoms with E-state index in [2.05, 4.69) is 25.3 Å². The lowest BCUT2D eigenvalue weighted by Gasteiger charge is -2.39. The molecule has 3 heterocycles. The van der Waals surface area contributed by atoms with Crippen LogP contribution in [-0.4, -0.2) is 82.4 Å². The van der Waals surface area contributed by atoms with Crippen molar-refractivity contribution in [3.05, 3.63) is 72.8 Å². The van der Waals surface area contributed by atoms with E-state index in [1.807, 2.05) is 54.6 Å². The van der Waals surface area contributed by atoms with Gasteiger partial charge in [-0.15, -0.1) is 6.58 Å². The van der Waals surface area contributed by atoms with Crippen molar-refractivity contribution in [1.29, 1.82) is 0 Å². The predicted molar refractivity (Wildman–Crippen MR) is 160 cm³/mol.